The van der Waals surface area contributed by atoms with Gasteiger partial charge in [0.05, 0.1) is 13.0 Å². The first-order chi connectivity index (χ1) is 7.54. The van der Waals surface area contributed by atoms with Crippen molar-refractivity contribution in [1.82, 2.24) is 5.32 Å². The topological polar surface area (TPSA) is 84.9 Å². The molecule has 1 unspecified atom stereocenters. The van der Waals surface area contributed by atoms with Crippen molar-refractivity contribution in [2.45, 2.75) is 38.5 Å². The molecule has 1 aliphatic heterocycles. The number of aliphatic hydroxyl groups is 1. The number of hydrogen-bond acceptors (Lipinski definition) is 5. The van der Waals surface area contributed by atoms with Crippen LogP contribution in [0.15, 0.2) is 0 Å². The molecule has 1 heterocycles. The fraction of sp³-hybridized carbons (Fsp3) is 0.800. The van der Waals surface area contributed by atoms with Gasteiger partial charge in [-0.3, -0.25) is 4.79 Å². The van der Waals surface area contributed by atoms with Gasteiger partial charge in [0, 0.05) is 6.61 Å². The van der Waals surface area contributed by atoms with E-state index < -0.39 is 23.7 Å². The maximum Gasteiger partial charge on any atom is 0.362 e. The van der Waals surface area contributed by atoms with Crippen molar-refractivity contribution in [2.24, 2.45) is 0 Å². The second-order valence-electron chi connectivity index (χ2n) is 3.60. The molecule has 1 amide bonds. The van der Waals surface area contributed by atoms with Crippen molar-refractivity contribution in [3.05, 3.63) is 0 Å². The zero-order valence-corrected chi connectivity index (χ0v) is 9.49. The first kappa shape index (κ1) is 12.9. The Bertz CT molecular complexity index is 280. The van der Waals surface area contributed by atoms with Gasteiger partial charge in [0.1, 0.15) is 6.10 Å². The highest BCUT2D eigenvalue weighted by molar-refractivity contribution is 5.91. The summed E-state index contributed by atoms with van der Waals surface area (Å²) in [4.78, 5) is 22.8. The summed E-state index contributed by atoms with van der Waals surface area (Å²) in [5.74, 6) is -1.28. The number of nitrogens with one attached hydrogen (secondary N) is 1. The lowest BCUT2D eigenvalue weighted by atomic mass is 10.1. The number of carbonyl (C=O) groups excluding carboxylic acids is 2. The molecule has 1 rings (SSSR count). The Kier molecular flexibility index (Phi) is 4.26. The molecule has 16 heavy (non-hydrogen) atoms. The van der Waals surface area contributed by atoms with Crippen LogP contribution in [0.1, 0.15) is 26.7 Å². The van der Waals surface area contributed by atoms with Crippen LogP contribution < -0.4 is 5.32 Å². The molecule has 1 fully saturated rings. The van der Waals surface area contributed by atoms with E-state index in [1.165, 1.54) is 0 Å². The van der Waals surface area contributed by atoms with Crippen LogP contribution in [-0.2, 0) is 19.1 Å². The van der Waals surface area contributed by atoms with Gasteiger partial charge in [-0.05, 0) is 13.3 Å². The summed E-state index contributed by atoms with van der Waals surface area (Å²) >= 11 is 0. The Morgan fingerprint density at radius 2 is 2.31 bits per heavy atom. The first-order valence-corrected chi connectivity index (χ1v) is 5.36. The van der Waals surface area contributed by atoms with E-state index in [1.807, 2.05) is 6.92 Å². The van der Waals surface area contributed by atoms with Crippen LogP contribution in [0.2, 0.25) is 0 Å². The normalized spacial score (nSPS) is 28.9. The average molecular weight is 231 g/mol. The number of esters is 1. The second kappa shape index (κ2) is 5.27. The van der Waals surface area contributed by atoms with Crippen LogP contribution in [0.5, 0.6) is 0 Å². The van der Waals surface area contributed by atoms with Gasteiger partial charge in [0.2, 0.25) is 5.91 Å². The van der Waals surface area contributed by atoms with Crippen LogP contribution in [0.4, 0.5) is 0 Å². The summed E-state index contributed by atoms with van der Waals surface area (Å²) in [6.07, 6.45) is -0.268. The van der Waals surface area contributed by atoms with Crippen LogP contribution in [0, 0.1) is 0 Å². The highest BCUT2D eigenvalue weighted by Gasteiger charge is 2.53. The minimum Gasteiger partial charge on any atom is -0.462 e. The van der Waals surface area contributed by atoms with Gasteiger partial charge in [-0.1, -0.05) is 6.92 Å². The lowest BCUT2D eigenvalue weighted by Gasteiger charge is -2.26. The second-order valence-corrected chi connectivity index (χ2v) is 3.60. The third-order valence-electron chi connectivity index (χ3n) is 2.28. The Balaban J connectivity index is 2.71. The summed E-state index contributed by atoms with van der Waals surface area (Å²) in [5, 5.41) is 12.2. The Labute approximate surface area is 93.9 Å². The van der Waals surface area contributed by atoms with E-state index in [1.54, 1.807) is 6.92 Å². The molecule has 1 aliphatic rings. The monoisotopic (exact) mass is 231 g/mol. The van der Waals surface area contributed by atoms with E-state index in [9.17, 15) is 14.7 Å². The SMILES string of the molecule is CCCOC(=O)[C@@]1(O)NC(=O)CC1OCC. The number of hydrogen-bond donors (Lipinski definition) is 2. The highest BCUT2D eigenvalue weighted by atomic mass is 16.6. The molecule has 2 atom stereocenters. The van der Waals surface area contributed by atoms with Crippen LogP contribution >= 0.6 is 0 Å². The van der Waals surface area contributed by atoms with E-state index in [-0.39, 0.29) is 13.0 Å². The Morgan fingerprint density at radius 1 is 1.62 bits per heavy atom. The summed E-state index contributed by atoms with van der Waals surface area (Å²) in [5.41, 5.74) is -2.04. The molecule has 0 bridgehead atoms. The number of rotatable bonds is 5. The molecule has 92 valence electrons. The van der Waals surface area contributed by atoms with E-state index >= 15 is 0 Å². The highest BCUT2D eigenvalue weighted by Crippen LogP contribution is 2.23. The van der Waals surface area contributed by atoms with Gasteiger partial charge in [-0.25, -0.2) is 4.79 Å². The Hall–Kier alpha value is -1.14. The van der Waals surface area contributed by atoms with Gasteiger partial charge < -0.3 is 19.9 Å². The largest absolute Gasteiger partial charge is 0.462 e. The average Bonchev–Trinajstić information content (AvgIpc) is 2.52. The summed E-state index contributed by atoms with van der Waals surface area (Å²) in [6, 6.07) is 0. The minimum absolute atomic E-state index is 0.0361. The van der Waals surface area contributed by atoms with Gasteiger partial charge in [-0.2, -0.15) is 0 Å². The first-order valence-electron chi connectivity index (χ1n) is 5.36. The summed E-state index contributed by atoms with van der Waals surface area (Å²) in [7, 11) is 0. The van der Waals surface area contributed by atoms with Gasteiger partial charge in [-0.15, -0.1) is 0 Å². The van der Waals surface area contributed by atoms with E-state index in [0.717, 1.165) is 0 Å². The van der Waals surface area contributed by atoms with E-state index in [0.29, 0.717) is 13.0 Å². The molecule has 0 aromatic carbocycles. The van der Waals surface area contributed by atoms with Crippen molar-refractivity contribution in [3.63, 3.8) is 0 Å². The predicted molar refractivity (Wildman–Crippen MR) is 54.4 cm³/mol. The fourth-order valence-electron chi connectivity index (χ4n) is 1.53. The molecule has 0 aliphatic carbocycles. The molecule has 6 heteroatoms. The molecule has 1 saturated heterocycles. The molecule has 0 saturated carbocycles. The zero-order valence-electron chi connectivity index (χ0n) is 9.49. The maximum atomic E-state index is 11.6. The van der Waals surface area contributed by atoms with E-state index in [4.69, 9.17) is 9.47 Å². The molecule has 2 N–H and O–H groups in total. The molecule has 0 spiro atoms. The smallest absolute Gasteiger partial charge is 0.362 e. The maximum absolute atomic E-state index is 11.6. The third kappa shape index (κ3) is 2.51. The molecule has 0 aromatic heterocycles. The number of ether oxygens (including phenoxy) is 2. The number of carbonyl (C=O) groups is 2. The molecular formula is C10H17NO5. The lowest BCUT2D eigenvalue weighted by molar-refractivity contribution is -0.182. The van der Waals surface area contributed by atoms with Crippen LogP contribution in [0.3, 0.4) is 0 Å². The van der Waals surface area contributed by atoms with Crippen molar-refractivity contribution in [3.8, 4) is 0 Å². The van der Waals surface area contributed by atoms with Crippen molar-refractivity contribution in [1.29, 1.82) is 0 Å². The van der Waals surface area contributed by atoms with Crippen LogP contribution in [0.25, 0.3) is 0 Å². The predicted octanol–water partition coefficient (Wildman–Crippen LogP) is -0.447. The van der Waals surface area contributed by atoms with Gasteiger partial charge in [0.25, 0.3) is 5.72 Å². The fourth-order valence-corrected chi connectivity index (χ4v) is 1.53. The molecule has 0 aromatic rings. The quantitative estimate of drug-likeness (QED) is 0.626. The summed E-state index contributed by atoms with van der Waals surface area (Å²) in [6.45, 7) is 4.07. The Morgan fingerprint density at radius 3 is 2.88 bits per heavy atom. The standard InChI is InChI=1S/C10H17NO5/c1-3-5-16-9(13)10(14)7(15-4-2)6-8(12)11-10/h7,14H,3-6H2,1-2H3,(H,11,12)/t7?,10-/m1/s1. The van der Waals surface area contributed by atoms with Crippen LogP contribution in [-0.4, -0.2) is 42.0 Å². The molecular weight excluding hydrogens is 214 g/mol. The van der Waals surface area contributed by atoms with Crippen molar-refractivity contribution >= 4 is 11.9 Å². The lowest BCUT2D eigenvalue weighted by Crippen LogP contribution is -2.56. The third-order valence-corrected chi connectivity index (χ3v) is 2.28. The molecule has 6 nitrogen and oxygen atoms in total. The van der Waals surface area contributed by atoms with E-state index in [2.05, 4.69) is 5.32 Å². The van der Waals surface area contributed by atoms with Gasteiger partial charge >= 0.3 is 5.97 Å². The molecule has 0 radical (unpaired) electrons. The minimum atomic E-state index is -2.04. The van der Waals surface area contributed by atoms with Crippen molar-refractivity contribution in [2.75, 3.05) is 13.2 Å². The number of amides is 1. The van der Waals surface area contributed by atoms with Gasteiger partial charge in [0.15, 0.2) is 0 Å². The summed E-state index contributed by atoms with van der Waals surface area (Å²) < 4.78 is 9.98. The van der Waals surface area contributed by atoms with Crippen molar-refractivity contribution < 1.29 is 24.2 Å². The zero-order chi connectivity index (χ0) is 12.2.